The van der Waals surface area contributed by atoms with Crippen LogP contribution in [0.25, 0.3) is 6.08 Å². The molecule has 2 fully saturated rings. The lowest BCUT2D eigenvalue weighted by Gasteiger charge is -2.35. The normalized spacial score (nSPS) is 20.0. The zero-order valence-corrected chi connectivity index (χ0v) is 17.2. The van der Waals surface area contributed by atoms with Crippen LogP contribution in [0, 0.1) is 5.92 Å². The summed E-state index contributed by atoms with van der Waals surface area (Å²) in [4.78, 5) is 17.0. The number of sulfonamides is 1. The van der Waals surface area contributed by atoms with Crippen molar-refractivity contribution < 1.29 is 17.9 Å². The third kappa shape index (κ3) is 5.64. The standard InChI is InChI=1S/C20H29N3O4S/c1-21-28(25,26)19-5-2-17(3-6-19)4-7-20(24)23-10-8-18(9-11-23)16-22-12-14-27-15-13-22/h2-7,18,21H,8-16H2,1H3. The monoisotopic (exact) mass is 407 g/mol. The number of nitrogens with zero attached hydrogens (tertiary/aromatic N) is 2. The average molecular weight is 408 g/mol. The molecule has 154 valence electrons. The summed E-state index contributed by atoms with van der Waals surface area (Å²) in [5.74, 6) is 0.657. The van der Waals surface area contributed by atoms with Crippen molar-refractivity contribution in [1.82, 2.24) is 14.5 Å². The Hall–Kier alpha value is -1.74. The van der Waals surface area contributed by atoms with Crippen LogP contribution in [0.2, 0.25) is 0 Å². The lowest BCUT2D eigenvalue weighted by Crippen LogP contribution is -2.43. The number of carbonyl (C=O) groups is 1. The zero-order valence-electron chi connectivity index (χ0n) is 16.3. The molecule has 0 radical (unpaired) electrons. The molecule has 3 rings (SSSR count). The lowest BCUT2D eigenvalue weighted by molar-refractivity contribution is -0.127. The third-order valence-electron chi connectivity index (χ3n) is 5.42. The average Bonchev–Trinajstić information content (AvgIpc) is 2.73. The van der Waals surface area contributed by atoms with Crippen LogP contribution < -0.4 is 4.72 Å². The van der Waals surface area contributed by atoms with Gasteiger partial charge in [-0.05, 0) is 49.6 Å². The van der Waals surface area contributed by atoms with Crippen LogP contribution in [0.15, 0.2) is 35.2 Å². The molecule has 8 heteroatoms. The molecule has 0 spiro atoms. The molecule has 1 amide bonds. The Morgan fingerprint density at radius 3 is 2.39 bits per heavy atom. The summed E-state index contributed by atoms with van der Waals surface area (Å²) < 4.78 is 31.2. The number of carbonyl (C=O) groups excluding carboxylic acids is 1. The Balaban J connectivity index is 1.47. The van der Waals surface area contributed by atoms with E-state index in [-0.39, 0.29) is 10.8 Å². The maximum Gasteiger partial charge on any atom is 0.246 e. The molecule has 0 aromatic heterocycles. The van der Waals surface area contributed by atoms with Gasteiger partial charge in [-0.15, -0.1) is 0 Å². The fraction of sp³-hybridized carbons (Fsp3) is 0.550. The van der Waals surface area contributed by atoms with Gasteiger partial charge >= 0.3 is 0 Å². The molecule has 2 aliphatic heterocycles. The first kappa shape index (κ1) is 21.0. The van der Waals surface area contributed by atoms with Gasteiger partial charge in [-0.1, -0.05) is 12.1 Å². The maximum absolute atomic E-state index is 12.4. The fourth-order valence-corrected chi connectivity index (χ4v) is 4.36. The third-order valence-corrected chi connectivity index (χ3v) is 6.85. The van der Waals surface area contributed by atoms with E-state index in [0.717, 1.165) is 64.3 Å². The first-order valence-corrected chi connectivity index (χ1v) is 11.3. The summed E-state index contributed by atoms with van der Waals surface area (Å²) in [6, 6.07) is 6.46. The largest absolute Gasteiger partial charge is 0.379 e. The molecule has 1 aromatic carbocycles. The molecule has 1 N–H and O–H groups in total. The fourth-order valence-electron chi connectivity index (χ4n) is 3.63. The van der Waals surface area contributed by atoms with E-state index in [1.54, 1.807) is 24.3 Å². The minimum atomic E-state index is -3.44. The summed E-state index contributed by atoms with van der Waals surface area (Å²) in [5, 5.41) is 0. The first-order valence-electron chi connectivity index (χ1n) is 9.78. The van der Waals surface area contributed by atoms with Gasteiger partial charge in [-0.3, -0.25) is 9.69 Å². The number of ether oxygens (including phenoxy) is 1. The van der Waals surface area contributed by atoms with Gasteiger partial charge in [0, 0.05) is 38.8 Å². The molecule has 2 aliphatic rings. The molecule has 0 unspecified atom stereocenters. The second-order valence-corrected chi connectivity index (χ2v) is 9.18. The minimum absolute atomic E-state index is 0.0109. The van der Waals surface area contributed by atoms with E-state index in [1.165, 1.54) is 19.2 Å². The highest BCUT2D eigenvalue weighted by Crippen LogP contribution is 2.19. The smallest absolute Gasteiger partial charge is 0.246 e. The van der Waals surface area contributed by atoms with Crippen LogP contribution >= 0.6 is 0 Å². The summed E-state index contributed by atoms with van der Waals surface area (Å²) >= 11 is 0. The summed E-state index contributed by atoms with van der Waals surface area (Å²) in [6.45, 7) is 6.35. The van der Waals surface area contributed by atoms with Gasteiger partial charge in [0.25, 0.3) is 0 Å². The number of benzene rings is 1. The van der Waals surface area contributed by atoms with Crippen molar-refractivity contribution >= 4 is 22.0 Å². The number of piperidine rings is 1. The molecular formula is C20H29N3O4S. The highest BCUT2D eigenvalue weighted by molar-refractivity contribution is 7.89. The van der Waals surface area contributed by atoms with Gasteiger partial charge in [0.2, 0.25) is 15.9 Å². The van der Waals surface area contributed by atoms with E-state index in [4.69, 9.17) is 4.74 Å². The number of hydrogen-bond acceptors (Lipinski definition) is 5. The van der Waals surface area contributed by atoms with Gasteiger partial charge in [-0.25, -0.2) is 13.1 Å². The van der Waals surface area contributed by atoms with E-state index in [0.29, 0.717) is 5.92 Å². The van der Waals surface area contributed by atoms with Crippen LogP contribution in [-0.4, -0.2) is 77.1 Å². The van der Waals surface area contributed by atoms with Crippen molar-refractivity contribution in [3.63, 3.8) is 0 Å². The van der Waals surface area contributed by atoms with Gasteiger partial charge < -0.3 is 9.64 Å². The first-order chi connectivity index (χ1) is 13.5. The number of amides is 1. The van der Waals surface area contributed by atoms with Gasteiger partial charge in [0.05, 0.1) is 18.1 Å². The molecular weight excluding hydrogens is 378 g/mol. The Labute approximate surface area is 167 Å². The van der Waals surface area contributed by atoms with Crippen molar-refractivity contribution in [1.29, 1.82) is 0 Å². The van der Waals surface area contributed by atoms with Crippen molar-refractivity contribution in [2.45, 2.75) is 17.7 Å². The topological polar surface area (TPSA) is 79.0 Å². The van der Waals surface area contributed by atoms with Crippen LogP contribution in [0.5, 0.6) is 0 Å². The predicted molar refractivity (Wildman–Crippen MR) is 108 cm³/mol. The number of nitrogens with one attached hydrogen (secondary N) is 1. The number of likely N-dealkylation sites (tertiary alicyclic amines) is 1. The molecule has 0 atom stereocenters. The second-order valence-electron chi connectivity index (χ2n) is 7.29. The van der Waals surface area contributed by atoms with Crippen LogP contribution in [0.4, 0.5) is 0 Å². The molecule has 0 aliphatic carbocycles. The number of rotatable bonds is 6. The number of morpholine rings is 1. The molecule has 2 heterocycles. The molecule has 0 bridgehead atoms. The number of hydrogen-bond donors (Lipinski definition) is 1. The van der Waals surface area contributed by atoms with E-state index in [9.17, 15) is 13.2 Å². The minimum Gasteiger partial charge on any atom is -0.379 e. The Kier molecular flexibility index (Phi) is 7.23. The van der Waals surface area contributed by atoms with Crippen molar-refractivity contribution in [2.75, 3.05) is 53.0 Å². The Morgan fingerprint density at radius 1 is 1.14 bits per heavy atom. The summed E-state index contributed by atoms with van der Waals surface area (Å²) in [6.07, 6.45) is 5.38. The Bertz CT molecular complexity index is 778. The predicted octanol–water partition coefficient (Wildman–Crippen LogP) is 1.18. The molecule has 0 saturated carbocycles. The zero-order chi connectivity index (χ0) is 20.0. The maximum atomic E-state index is 12.4. The summed E-state index contributed by atoms with van der Waals surface area (Å²) in [7, 11) is -2.06. The molecule has 28 heavy (non-hydrogen) atoms. The van der Waals surface area contributed by atoms with E-state index >= 15 is 0 Å². The van der Waals surface area contributed by atoms with E-state index < -0.39 is 10.0 Å². The highest BCUT2D eigenvalue weighted by Gasteiger charge is 2.24. The van der Waals surface area contributed by atoms with E-state index in [2.05, 4.69) is 9.62 Å². The second kappa shape index (κ2) is 9.65. The highest BCUT2D eigenvalue weighted by atomic mass is 32.2. The Morgan fingerprint density at radius 2 is 1.79 bits per heavy atom. The van der Waals surface area contributed by atoms with Crippen molar-refractivity contribution in [2.24, 2.45) is 5.92 Å². The molecule has 7 nitrogen and oxygen atoms in total. The quantitative estimate of drug-likeness (QED) is 0.717. The van der Waals surface area contributed by atoms with Gasteiger partial charge in [-0.2, -0.15) is 0 Å². The van der Waals surface area contributed by atoms with Crippen LogP contribution in [0.3, 0.4) is 0 Å². The lowest BCUT2D eigenvalue weighted by atomic mass is 9.96. The van der Waals surface area contributed by atoms with Crippen LogP contribution in [0.1, 0.15) is 18.4 Å². The van der Waals surface area contributed by atoms with Gasteiger partial charge in [0.15, 0.2) is 0 Å². The van der Waals surface area contributed by atoms with E-state index in [1.807, 2.05) is 4.90 Å². The molecule has 1 aromatic rings. The van der Waals surface area contributed by atoms with Gasteiger partial charge in [0.1, 0.15) is 0 Å². The molecule has 2 saturated heterocycles. The van der Waals surface area contributed by atoms with Crippen molar-refractivity contribution in [3.8, 4) is 0 Å². The van der Waals surface area contributed by atoms with Crippen LogP contribution in [-0.2, 0) is 19.6 Å². The summed E-state index contributed by atoms with van der Waals surface area (Å²) in [5.41, 5.74) is 0.797. The SMILES string of the molecule is CNS(=O)(=O)c1ccc(C=CC(=O)N2CCC(CN3CCOCC3)CC2)cc1. The van der Waals surface area contributed by atoms with Crippen molar-refractivity contribution in [3.05, 3.63) is 35.9 Å².